The van der Waals surface area contributed by atoms with Gasteiger partial charge in [-0.25, -0.2) is 4.98 Å². The first-order valence-electron chi connectivity index (χ1n) is 7.90. The Morgan fingerprint density at radius 1 is 0.875 bits per heavy atom. The molecule has 0 radical (unpaired) electrons. The summed E-state index contributed by atoms with van der Waals surface area (Å²) in [6.07, 6.45) is 0. The smallest absolute Gasteiger partial charge is 0.229 e. The van der Waals surface area contributed by atoms with Crippen molar-refractivity contribution < 1.29 is 4.74 Å². The summed E-state index contributed by atoms with van der Waals surface area (Å²) in [5, 5.41) is 6.51. The van der Waals surface area contributed by atoms with Gasteiger partial charge in [-0.3, -0.25) is 0 Å². The number of ether oxygens (including phenoxy) is 1. The standard InChI is InChI=1S/C19H20N4O/c1-3-24-17-11-9-16(10-12-17)21-18-13-14(2)20-19(23-18)22-15-7-5-4-6-8-15/h4-13H,3H2,1-2H3,(H2,20,21,22,23). The molecule has 3 aromatic rings. The molecule has 0 unspecified atom stereocenters. The van der Waals surface area contributed by atoms with E-state index in [-0.39, 0.29) is 0 Å². The Bertz CT molecular complexity index is 788. The SMILES string of the molecule is CCOc1ccc(Nc2cc(C)nc(Nc3ccccc3)n2)cc1. The maximum absolute atomic E-state index is 5.45. The van der Waals surface area contributed by atoms with Crippen molar-refractivity contribution >= 4 is 23.1 Å². The van der Waals surface area contributed by atoms with Gasteiger partial charge >= 0.3 is 0 Å². The van der Waals surface area contributed by atoms with E-state index in [1.807, 2.05) is 74.5 Å². The first kappa shape index (κ1) is 15.8. The van der Waals surface area contributed by atoms with Gasteiger partial charge in [0, 0.05) is 23.1 Å². The Balaban J connectivity index is 1.76. The molecule has 5 nitrogen and oxygen atoms in total. The van der Waals surface area contributed by atoms with Gasteiger partial charge < -0.3 is 15.4 Å². The second-order valence-electron chi connectivity index (χ2n) is 5.29. The average Bonchev–Trinajstić information content (AvgIpc) is 2.57. The van der Waals surface area contributed by atoms with Crippen LogP contribution in [0.3, 0.4) is 0 Å². The van der Waals surface area contributed by atoms with Gasteiger partial charge in [-0.2, -0.15) is 4.98 Å². The van der Waals surface area contributed by atoms with Crippen LogP contribution in [0.1, 0.15) is 12.6 Å². The van der Waals surface area contributed by atoms with E-state index in [1.165, 1.54) is 0 Å². The lowest BCUT2D eigenvalue weighted by Crippen LogP contribution is -2.02. The van der Waals surface area contributed by atoms with E-state index >= 15 is 0 Å². The second kappa shape index (κ2) is 7.46. The van der Waals surface area contributed by atoms with Crippen LogP contribution in [0.15, 0.2) is 60.7 Å². The molecule has 0 saturated carbocycles. The first-order valence-corrected chi connectivity index (χ1v) is 7.90. The molecule has 0 atom stereocenters. The molecule has 0 spiro atoms. The summed E-state index contributed by atoms with van der Waals surface area (Å²) in [5.41, 5.74) is 2.79. The van der Waals surface area contributed by atoms with Crippen LogP contribution in [0.5, 0.6) is 5.75 Å². The number of hydrogen-bond acceptors (Lipinski definition) is 5. The van der Waals surface area contributed by atoms with Gasteiger partial charge in [0.1, 0.15) is 11.6 Å². The number of hydrogen-bond donors (Lipinski definition) is 2. The van der Waals surface area contributed by atoms with E-state index in [0.717, 1.165) is 28.6 Å². The normalized spacial score (nSPS) is 10.2. The van der Waals surface area contributed by atoms with Crippen molar-refractivity contribution in [2.24, 2.45) is 0 Å². The molecule has 2 N–H and O–H groups in total. The zero-order valence-corrected chi connectivity index (χ0v) is 13.8. The van der Waals surface area contributed by atoms with Crippen LogP contribution in [0.25, 0.3) is 0 Å². The van der Waals surface area contributed by atoms with E-state index in [2.05, 4.69) is 20.6 Å². The molecule has 1 heterocycles. The van der Waals surface area contributed by atoms with Crippen LogP contribution in [0, 0.1) is 6.92 Å². The summed E-state index contributed by atoms with van der Waals surface area (Å²) in [5.74, 6) is 2.16. The fourth-order valence-corrected chi connectivity index (χ4v) is 2.29. The molecule has 0 bridgehead atoms. The topological polar surface area (TPSA) is 59.1 Å². The van der Waals surface area contributed by atoms with Gasteiger partial charge in [-0.05, 0) is 50.2 Å². The highest BCUT2D eigenvalue weighted by Gasteiger charge is 2.04. The molecule has 1 aromatic heterocycles. The molecule has 2 aromatic carbocycles. The minimum absolute atomic E-state index is 0.564. The van der Waals surface area contributed by atoms with Gasteiger partial charge in [0.05, 0.1) is 6.61 Å². The minimum atomic E-state index is 0.564. The van der Waals surface area contributed by atoms with Crippen LogP contribution >= 0.6 is 0 Å². The Kier molecular flexibility index (Phi) is 4.91. The highest BCUT2D eigenvalue weighted by molar-refractivity contribution is 5.60. The number of nitrogens with zero attached hydrogens (tertiary/aromatic N) is 2. The molecule has 0 aliphatic carbocycles. The summed E-state index contributed by atoms with van der Waals surface area (Å²) < 4.78 is 5.45. The molecule has 0 saturated heterocycles. The molecule has 24 heavy (non-hydrogen) atoms. The number of anilines is 4. The second-order valence-corrected chi connectivity index (χ2v) is 5.29. The first-order chi connectivity index (χ1) is 11.7. The van der Waals surface area contributed by atoms with Gasteiger partial charge in [0.15, 0.2) is 0 Å². The quantitative estimate of drug-likeness (QED) is 0.691. The molecule has 5 heteroatoms. The van der Waals surface area contributed by atoms with Gasteiger partial charge in [-0.1, -0.05) is 18.2 Å². The summed E-state index contributed by atoms with van der Waals surface area (Å²) >= 11 is 0. The van der Waals surface area contributed by atoms with Gasteiger partial charge in [0.2, 0.25) is 5.95 Å². The van der Waals surface area contributed by atoms with Gasteiger partial charge in [-0.15, -0.1) is 0 Å². The Hall–Kier alpha value is -3.08. The number of rotatable bonds is 6. The van der Waals surface area contributed by atoms with Crippen molar-refractivity contribution in [3.63, 3.8) is 0 Å². The molecule has 0 aliphatic rings. The van der Waals surface area contributed by atoms with Gasteiger partial charge in [0.25, 0.3) is 0 Å². The Labute approximate surface area is 141 Å². The van der Waals surface area contributed by atoms with Crippen molar-refractivity contribution in [2.45, 2.75) is 13.8 Å². The maximum Gasteiger partial charge on any atom is 0.229 e. The highest BCUT2D eigenvalue weighted by atomic mass is 16.5. The van der Waals surface area contributed by atoms with Crippen molar-refractivity contribution in [3.8, 4) is 5.75 Å². The van der Waals surface area contributed by atoms with Crippen LogP contribution < -0.4 is 15.4 Å². The summed E-state index contributed by atoms with van der Waals surface area (Å²) in [6.45, 7) is 4.57. The van der Waals surface area contributed by atoms with Crippen LogP contribution in [-0.2, 0) is 0 Å². The largest absolute Gasteiger partial charge is 0.494 e. The third kappa shape index (κ3) is 4.23. The van der Waals surface area contributed by atoms with Crippen LogP contribution in [0.2, 0.25) is 0 Å². The van der Waals surface area contributed by atoms with Crippen molar-refractivity contribution in [3.05, 3.63) is 66.4 Å². The predicted octanol–water partition coefficient (Wildman–Crippen LogP) is 4.67. The molecule has 122 valence electrons. The number of aryl methyl sites for hydroxylation is 1. The van der Waals surface area contributed by atoms with Crippen molar-refractivity contribution in [2.75, 3.05) is 17.2 Å². The van der Waals surface area contributed by atoms with Crippen molar-refractivity contribution in [1.29, 1.82) is 0 Å². The molecular formula is C19H20N4O. The highest BCUT2D eigenvalue weighted by Crippen LogP contribution is 2.21. The summed E-state index contributed by atoms with van der Waals surface area (Å²) in [4.78, 5) is 8.95. The monoisotopic (exact) mass is 320 g/mol. The number of nitrogens with one attached hydrogen (secondary N) is 2. The zero-order valence-electron chi connectivity index (χ0n) is 13.8. The van der Waals surface area contributed by atoms with E-state index < -0.39 is 0 Å². The predicted molar refractivity (Wildman–Crippen MR) is 97.4 cm³/mol. The van der Waals surface area contributed by atoms with E-state index in [4.69, 9.17) is 4.74 Å². The van der Waals surface area contributed by atoms with Crippen molar-refractivity contribution in [1.82, 2.24) is 9.97 Å². The zero-order chi connectivity index (χ0) is 16.8. The van der Waals surface area contributed by atoms with Crippen LogP contribution in [-0.4, -0.2) is 16.6 Å². The molecule has 3 rings (SSSR count). The van der Waals surface area contributed by atoms with E-state index in [0.29, 0.717) is 12.6 Å². The lowest BCUT2D eigenvalue weighted by atomic mass is 10.3. The molecule has 0 aliphatic heterocycles. The summed E-state index contributed by atoms with van der Waals surface area (Å²) in [6, 6.07) is 19.6. The molecule has 0 amide bonds. The van der Waals surface area contributed by atoms with E-state index in [1.54, 1.807) is 0 Å². The number of benzene rings is 2. The fraction of sp³-hybridized carbons (Fsp3) is 0.158. The fourth-order valence-electron chi connectivity index (χ4n) is 2.29. The molecule has 0 fully saturated rings. The lowest BCUT2D eigenvalue weighted by Gasteiger charge is -2.10. The Morgan fingerprint density at radius 3 is 2.29 bits per heavy atom. The third-order valence-corrected chi connectivity index (χ3v) is 3.32. The van der Waals surface area contributed by atoms with Crippen LogP contribution in [0.4, 0.5) is 23.1 Å². The lowest BCUT2D eigenvalue weighted by molar-refractivity contribution is 0.340. The summed E-state index contributed by atoms with van der Waals surface area (Å²) in [7, 11) is 0. The number of aromatic nitrogens is 2. The number of para-hydroxylation sites is 1. The Morgan fingerprint density at radius 2 is 1.58 bits per heavy atom. The maximum atomic E-state index is 5.45. The average molecular weight is 320 g/mol. The molecular weight excluding hydrogens is 300 g/mol. The van der Waals surface area contributed by atoms with E-state index in [9.17, 15) is 0 Å². The minimum Gasteiger partial charge on any atom is -0.494 e. The third-order valence-electron chi connectivity index (χ3n) is 3.32.